The van der Waals surface area contributed by atoms with Crippen molar-refractivity contribution in [3.8, 4) is 5.75 Å². The molecule has 0 spiro atoms. The molecule has 1 saturated heterocycles. The van der Waals surface area contributed by atoms with Gasteiger partial charge in [-0.05, 0) is 17.7 Å². The van der Waals surface area contributed by atoms with Crippen LogP contribution in [0.5, 0.6) is 5.75 Å². The number of carbonyl (C=O) groups excluding carboxylic acids is 1. The number of carbonyl (C=O) groups is 1. The SMILES string of the molecule is COc1cccc(CN2CC(=O)[C@H](O)[C@@H](C(F)F)C2)c1. The van der Waals surface area contributed by atoms with Crippen molar-refractivity contribution in [2.45, 2.75) is 19.1 Å². The van der Waals surface area contributed by atoms with Gasteiger partial charge in [-0.1, -0.05) is 12.1 Å². The van der Waals surface area contributed by atoms with Gasteiger partial charge in [0.05, 0.1) is 19.6 Å². The second-order valence-corrected chi connectivity index (χ2v) is 4.93. The second kappa shape index (κ2) is 6.28. The Kier molecular flexibility index (Phi) is 4.67. The Balaban J connectivity index is 2.07. The number of benzene rings is 1. The number of aliphatic hydroxyl groups excluding tert-OH is 1. The fourth-order valence-electron chi connectivity index (χ4n) is 2.38. The maximum atomic E-state index is 12.8. The third-order valence-electron chi connectivity index (χ3n) is 3.45. The van der Waals surface area contributed by atoms with Crippen molar-refractivity contribution in [3.63, 3.8) is 0 Å². The largest absolute Gasteiger partial charge is 0.497 e. The van der Waals surface area contributed by atoms with Gasteiger partial charge in [0.2, 0.25) is 6.43 Å². The summed E-state index contributed by atoms with van der Waals surface area (Å²) in [6.07, 6.45) is -4.27. The molecule has 0 bridgehead atoms. The molecule has 0 amide bonds. The molecule has 2 rings (SSSR count). The van der Waals surface area contributed by atoms with E-state index in [-0.39, 0.29) is 13.1 Å². The summed E-state index contributed by atoms with van der Waals surface area (Å²) in [5, 5.41) is 9.50. The molecule has 0 unspecified atom stereocenters. The van der Waals surface area contributed by atoms with Crippen LogP contribution in [0.2, 0.25) is 0 Å². The second-order valence-electron chi connectivity index (χ2n) is 4.93. The van der Waals surface area contributed by atoms with Crippen LogP contribution in [0.3, 0.4) is 0 Å². The van der Waals surface area contributed by atoms with E-state index in [9.17, 15) is 18.7 Å². The van der Waals surface area contributed by atoms with Crippen molar-refractivity contribution in [1.29, 1.82) is 0 Å². The Bertz CT molecular complexity index is 481. The third kappa shape index (κ3) is 3.32. The first-order valence-corrected chi connectivity index (χ1v) is 6.35. The number of halogens is 2. The Hall–Kier alpha value is -1.53. The lowest BCUT2D eigenvalue weighted by molar-refractivity contribution is -0.142. The number of likely N-dealkylation sites (tertiary alicyclic amines) is 1. The first kappa shape index (κ1) is 14.9. The molecule has 0 radical (unpaired) electrons. The number of ketones is 1. The van der Waals surface area contributed by atoms with E-state index in [0.717, 1.165) is 5.56 Å². The van der Waals surface area contributed by atoms with Crippen LogP contribution in [0, 0.1) is 5.92 Å². The highest BCUT2D eigenvalue weighted by Crippen LogP contribution is 2.23. The highest BCUT2D eigenvalue weighted by Gasteiger charge is 2.39. The molecule has 1 aliphatic rings. The normalized spacial score (nSPS) is 24.1. The number of alkyl halides is 2. The van der Waals surface area contributed by atoms with Gasteiger partial charge >= 0.3 is 0 Å². The molecule has 1 aromatic carbocycles. The van der Waals surface area contributed by atoms with Crippen molar-refractivity contribution >= 4 is 5.78 Å². The molecular formula is C14H17F2NO3. The predicted octanol–water partition coefficient (Wildman–Crippen LogP) is 1.32. The molecule has 1 fully saturated rings. The molecule has 1 aliphatic heterocycles. The van der Waals surface area contributed by atoms with Crippen LogP contribution in [-0.2, 0) is 11.3 Å². The number of aliphatic hydroxyl groups is 1. The Morgan fingerprint density at radius 2 is 2.25 bits per heavy atom. The molecule has 4 nitrogen and oxygen atoms in total. The van der Waals surface area contributed by atoms with Crippen molar-refractivity contribution in [2.24, 2.45) is 5.92 Å². The molecule has 0 aromatic heterocycles. The lowest BCUT2D eigenvalue weighted by Gasteiger charge is -2.34. The number of rotatable bonds is 4. The van der Waals surface area contributed by atoms with Crippen LogP contribution in [0.15, 0.2) is 24.3 Å². The molecule has 0 aliphatic carbocycles. The van der Waals surface area contributed by atoms with Gasteiger partial charge in [0.25, 0.3) is 0 Å². The Morgan fingerprint density at radius 3 is 2.90 bits per heavy atom. The zero-order valence-electron chi connectivity index (χ0n) is 11.1. The van der Waals surface area contributed by atoms with E-state index in [2.05, 4.69) is 0 Å². The molecule has 1 N–H and O–H groups in total. The van der Waals surface area contributed by atoms with Gasteiger partial charge in [-0.2, -0.15) is 0 Å². The zero-order chi connectivity index (χ0) is 14.7. The average Bonchev–Trinajstić information content (AvgIpc) is 2.42. The van der Waals surface area contributed by atoms with Gasteiger partial charge in [-0.15, -0.1) is 0 Å². The van der Waals surface area contributed by atoms with E-state index in [1.807, 2.05) is 6.07 Å². The Morgan fingerprint density at radius 1 is 1.50 bits per heavy atom. The number of hydrogen-bond acceptors (Lipinski definition) is 4. The van der Waals surface area contributed by atoms with Gasteiger partial charge < -0.3 is 9.84 Å². The van der Waals surface area contributed by atoms with Crippen LogP contribution in [0.25, 0.3) is 0 Å². The molecule has 20 heavy (non-hydrogen) atoms. The lowest BCUT2D eigenvalue weighted by Crippen LogP contribution is -2.51. The molecule has 6 heteroatoms. The van der Waals surface area contributed by atoms with E-state index in [1.54, 1.807) is 30.2 Å². The minimum Gasteiger partial charge on any atom is -0.497 e. The average molecular weight is 285 g/mol. The highest BCUT2D eigenvalue weighted by molar-refractivity contribution is 5.85. The quantitative estimate of drug-likeness (QED) is 0.906. The first-order chi connectivity index (χ1) is 9.51. The van der Waals surface area contributed by atoms with Gasteiger partial charge in [-0.25, -0.2) is 8.78 Å². The van der Waals surface area contributed by atoms with Crippen molar-refractivity contribution in [2.75, 3.05) is 20.2 Å². The molecule has 1 heterocycles. The van der Waals surface area contributed by atoms with E-state index in [4.69, 9.17) is 4.74 Å². The van der Waals surface area contributed by atoms with E-state index >= 15 is 0 Å². The number of nitrogens with zero attached hydrogens (tertiary/aromatic N) is 1. The summed E-state index contributed by atoms with van der Waals surface area (Å²) >= 11 is 0. The van der Waals surface area contributed by atoms with Crippen molar-refractivity contribution < 1.29 is 23.4 Å². The maximum Gasteiger partial charge on any atom is 0.245 e. The first-order valence-electron chi connectivity index (χ1n) is 6.35. The highest BCUT2D eigenvalue weighted by atomic mass is 19.3. The fraction of sp³-hybridized carbons (Fsp3) is 0.500. The molecule has 2 atom stereocenters. The summed E-state index contributed by atoms with van der Waals surface area (Å²) in [5.41, 5.74) is 0.876. The van der Waals surface area contributed by atoms with E-state index in [0.29, 0.717) is 12.3 Å². The molecule has 0 saturated carbocycles. The summed E-state index contributed by atoms with van der Waals surface area (Å²) in [7, 11) is 1.55. The standard InChI is InChI=1S/C14H17F2NO3/c1-20-10-4-2-3-9(5-10)6-17-7-11(14(15)16)13(19)12(18)8-17/h2-5,11,13-14,19H,6-8H2,1H3/t11-,13+/m0/s1. The summed E-state index contributed by atoms with van der Waals surface area (Å²) in [5.74, 6) is -1.19. The van der Waals surface area contributed by atoms with Gasteiger partial charge in [0, 0.05) is 13.1 Å². The Labute approximate surface area is 116 Å². The predicted molar refractivity (Wildman–Crippen MR) is 68.8 cm³/mol. The van der Waals surface area contributed by atoms with Gasteiger partial charge in [0.15, 0.2) is 5.78 Å². The number of piperidine rings is 1. The number of hydrogen-bond donors (Lipinski definition) is 1. The number of Topliss-reactive ketones (excluding diaryl/α,β-unsaturated/α-hetero) is 1. The van der Waals surface area contributed by atoms with Crippen LogP contribution in [0.1, 0.15) is 5.56 Å². The van der Waals surface area contributed by atoms with Crippen molar-refractivity contribution in [1.82, 2.24) is 4.90 Å². The lowest BCUT2D eigenvalue weighted by atomic mass is 9.93. The van der Waals surface area contributed by atoms with E-state index in [1.165, 1.54) is 0 Å². The fourth-order valence-corrected chi connectivity index (χ4v) is 2.38. The van der Waals surface area contributed by atoms with Crippen LogP contribution in [-0.4, -0.2) is 48.5 Å². The molecule has 110 valence electrons. The summed E-state index contributed by atoms with van der Waals surface area (Å²) in [6, 6.07) is 7.23. The van der Waals surface area contributed by atoms with Crippen molar-refractivity contribution in [3.05, 3.63) is 29.8 Å². The summed E-state index contributed by atoms with van der Waals surface area (Å²) in [4.78, 5) is 13.2. The molecule has 1 aromatic rings. The number of methoxy groups -OCH3 is 1. The minimum absolute atomic E-state index is 0.00177. The van der Waals surface area contributed by atoms with Crippen LogP contribution < -0.4 is 4.74 Å². The number of ether oxygens (including phenoxy) is 1. The van der Waals surface area contributed by atoms with Gasteiger partial charge in [0.1, 0.15) is 11.9 Å². The summed E-state index contributed by atoms with van der Waals surface area (Å²) < 4.78 is 30.7. The van der Waals surface area contributed by atoms with Gasteiger partial charge in [-0.3, -0.25) is 9.69 Å². The zero-order valence-corrected chi connectivity index (χ0v) is 11.1. The topological polar surface area (TPSA) is 49.8 Å². The van der Waals surface area contributed by atoms with Crippen LogP contribution >= 0.6 is 0 Å². The summed E-state index contributed by atoms with van der Waals surface area (Å²) in [6.45, 7) is 0.363. The smallest absolute Gasteiger partial charge is 0.245 e. The van der Waals surface area contributed by atoms with Crippen LogP contribution in [0.4, 0.5) is 8.78 Å². The monoisotopic (exact) mass is 285 g/mol. The minimum atomic E-state index is -2.71. The maximum absolute atomic E-state index is 12.8. The third-order valence-corrected chi connectivity index (χ3v) is 3.45. The molecular weight excluding hydrogens is 268 g/mol. The van der Waals surface area contributed by atoms with E-state index < -0.39 is 24.2 Å².